The average Bonchev–Trinajstić information content (AvgIpc) is 2.02. The summed E-state index contributed by atoms with van der Waals surface area (Å²) < 4.78 is 0. The van der Waals surface area contributed by atoms with Crippen molar-refractivity contribution in [1.29, 1.82) is 0 Å². The van der Waals surface area contributed by atoms with E-state index < -0.39 is 0 Å². The summed E-state index contributed by atoms with van der Waals surface area (Å²) in [4.78, 5) is 10.7. The summed E-state index contributed by atoms with van der Waals surface area (Å²) in [6, 6.07) is 0. The maximum atomic E-state index is 10.7. The summed E-state index contributed by atoms with van der Waals surface area (Å²) in [7, 11) is 0. The molecule has 0 saturated heterocycles. The molecule has 0 aromatic rings. The van der Waals surface area contributed by atoms with E-state index in [0.717, 1.165) is 13.0 Å². The van der Waals surface area contributed by atoms with Gasteiger partial charge in [0.05, 0.1) is 0 Å². The van der Waals surface area contributed by atoms with Crippen molar-refractivity contribution in [2.45, 2.75) is 27.2 Å². The van der Waals surface area contributed by atoms with E-state index >= 15 is 0 Å². The molecule has 2 N–H and O–H groups in total. The van der Waals surface area contributed by atoms with Crippen LogP contribution in [0.2, 0.25) is 0 Å². The Hall–Kier alpha value is -0.570. The number of carbonyl (C=O) groups excluding carboxylic acids is 1. The van der Waals surface area contributed by atoms with Crippen LogP contribution >= 0.6 is 0 Å². The molecular weight excluding hydrogens is 166 g/mol. The quantitative estimate of drug-likeness (QED) is 0.682. The van der Waals surface area contributed by atoms with Crippen LogP contribution < -0.4 is 5.32 Å². The maximum Gasteiger partial charge on any atom is 0.216 e. The van der Waals surface area contributed by atoms with Gasteiger partial charge in [-0.1, -0.05) is 13.8 Å². The third-order valence-corrected chi connectivity index (χ3v) is 3.49. The molecule has 1 aliphatic rings. The van der Waals surface area contributed by atoms with Gasteiger partial charge in [0.1, 0.15) is 0 Å². The highest BCUT2D eigenvalue weighted by Gasteiger charge is 2.46. The summed E-state index contributed by atoms with van der Waals surface area (Å²) in [6.45, 7) is 6.87. The highest BCUT2D eigenvalue weighted by atomic mass is 16.3. The van der Waals surface area contributed by atoms with E-state index in [1.54, 1.807) is 0 Å². The number of hydrogen-bond donors (Lipinski definition) is 2. The van der Waals surface area contributed by atoms with Crippen LogP contribution in [0.25, 0.3) is 0 Å². The molecule has 1 rings (SSSR count). The molecule has 0 radical (unpaired) electrons. The van der Waals surface area contributed by atoms with Gasteiger partial charge in [-0.05, 0) is 23.7 Å². The predicted octanol–water partition coefficient (Wildman–Crippen LogP) is 0.777. The smallest absolute Gasteiger partial charge is 0.216 e. The molecule has 76 valence electrons. The normalized spacial score (nSPS) is 30.8. The van der Waals surface area contributed by atoms with Gasteiger partial charge in [0.2, 0.25) is 5.91 Å². The first kappa shape index (κ1) is 10.5. The lowest BCUT2D eigenvalue weighted by molar-refractivity contribution is -0.120. The number of amides is 1. The Morgan fingerprint density at radius 2 is 2.15 bits per heavy atom. The Labute approximate surface area is 79.5 Å². The fourth-order valence-corrected chi connectivity index (χ4v) is 2.05. The molecule has 13 heavy (non-hydrogen) atoms. The topological polar surface area (TPSA) is 49.3 Å². The Morgan fingerprint density at radius 3 is 2.54 bits per heavy atom. The molecule has 0 bridgehead atoms. The van der Waals surface area contributed by atoms with Crippen molar-refractivity contribution >= 4 is 5.91 Å². The monoisotopic (exact) mass is 185 g/mol. The lowest BCUT2D eigenvalue weighted by Crippen LogP contribution is -2.51. The molecule has 0 spiro atoms. The third-order valence-electron chi connectivity index (χ3n) is 3.49. The molecule has 0 aromatic heterocycles. The summed E-state index contributed by atoms with van der Waals surface area (Å²) in [6.07, 6.45) is 1.03. The first-order valence-electron chi connectivity index (χ1n) is 4.83. The molecule has 3 nitrogen and oxygen atoms in total. The van der Waals surface area contributed by atoms with Gasteiger partial charge in [-0.15, -0.1) is 0 Å². The van der Waals surface area contributed by atoms with Crippen LogP contribution in [0.15, 0.2) is 0 Å². The predicted molar refractivity (Wildman–Crippen MR) is 51.1 cm³/mol. The van der Waals surface area contributed by atoms with E-state index in [1.807, 2.05) is 0 Å². The van der Waals surface area contributed by atoms with Crippen LogP contribution in [-0.4, -0.2) is 24.2 Å². The van der Waals surface area contributed by atoms with Gasteiger partial charge in [-0.3, -0.25) is 4.79 Å². The maximum absolute atomic E-state index is 10.7. The van der Waals surface area contributed by atoms with Crippen molar-refractivity contribution in [2.75, 3.05) is 13.2 Å². The van der Waals surface area contributed by atoms with E-state index in [9.17, 15) is 4.79 Å². The lowest BCUT2D eigenvalue weighted by atomic mass is 9.55. The Balaban J connectivity index is 2.35. The lowest BCUT2D eigenvalue weighted by Gasteiger charge is -2.51. The average molecular weight is 185 g/mol. The molecule has 0 heterocycles. The van der Waals surface area contributed by atoms with Crippen LogP contribution in [-0.2, 0) is 4.79 Å². The van der Waals surface area contributed by atoms with Gasteiger partial charge in [-0.25, -0.2) is 0 Å². The van der Waals surface area contributed by atoms with E-state index in [4.69, 9.17) is 5.11 Å². The van der Waals surface area contributed by atoms with E-state index in [1.165, 1.54) is 6.92 Å². The highest BCUT2D eigenvalue weighted by molar-refractivity contribution is 5.72. The standard InChI is InChI=1S/C10H19NO2/c1-7(13)11-5-8-4-9(6-12)10(8,2)3/h8-9,12H,4-6H2,1-3H3,(H,11,13)/t8-,9+/m1/s1. The number of carbonyl (C=O) groups is 1. The van der Waals surface area contributed by atoms with Crippen molar-refractivity contribution in [3.8, 4) is 0 Å². The summed E-state index contributed by atoms with van der Waals surface area (Å²) in [5.74, 6) is 0.961. The number of hydrogen-bond acceptors (Lipinski definition) is 2. The van der Waals surface area contributed by atoms with Crippen LogP contribution in [0.1, 0.15) is 27.2 Å². The van der Waals surface area contributed by atoms with Crippen LogP contribution in [0.4, 0.5) is 0 Å². The second kappa shape index (κ2) is 3.66. The van der Waals surface area contributed by atoms with E-state index in [-0.39, 0.29) is 17.9 Å². The first-order valence-corrected chi connectivity index (χ1v) is 4.83. The van der Waals surface area contributed by atoms with Crippen molar-refractivity contribution in [1.82, 2.24) is 5.32 Å². The van der Waals surface area contributed by atoms with Gasteiger partial charge >= 0.3 is 0 Å². The number of rotatable bonds is 3. The molecule has 1 aliphatic carbocycles. The fraction of sp³-hybridized carbons (Fsp3) is 0.900. The molecule has 0 unspecified atom stereocenters. The van der Waals surface area contributed by atoms with E-state index in [2.05, 4.69) is 19.2 Å². The fourth-order valence-electron chi connectivity index (χ4n) is 2.05. The van der Waals surface area contributed by atoms with Crippen molar-refractivity contribution in [2.24, 2.45) is 17.3 Å². The zero-order valence-corrected chi connectivity index (χ0v) is 8.63. The Kier molecular flexibility index (Phi) is 2.96. The Bertz CT molecular complexity index is 201. The van der Waals surface area contributed by atoms with Gasteiger partial charge < -0.3 is 10.4 Å². The zero-order chi connectivity index (χ0) is 10.1. The number of aliphatic hydroxyl groups excluding tert-OH is 1. The van der Waals surface area contributed by atoms with Gasteiger partial charge in [-0.2, -0.15) is 0 Å². The minimum absolute atomic E-state index is 0.0308. The number of nitrogens with one attached hydrogen (secondary N) is 1. The van der Waals surface area contributed by atoms with Gasteiger partial charge in [0.15, 0.2) is 0 Å². The van der Waals surface area contributed by atoms with Crippen molar-refractivity contribution in [3.05, 3.63) is 0 Å². The Morgan fingerprint density at radius 1 is 1.54 bits per heavy atom. The number of aliphatic hydroxyl groups is 1. The highest BCUT2D eigenvalue weighted by Crippen LogP contribution is 2.50. The molecule has 1 amide bonds. The minimum atomic E-state index is 0.0308. The second-order valence-electron chi connectivity index (χ2n) is 4.57. The molecule has 2 atom stereocenters. The van der Waals surface area contributed by atoms with Crippen molar-refractivity contribution in [3.63, 3.8) is 0 Å². The SMILES string of the molecule is CC(=O)NC[C@H]1C[C@@H](CO)C1(C)C. The minimum Gasteiger partial charge on any atom is -0.396 e. The van der Waals surface area contributed by atoms with Crippen molar-refractivity contribution < 1.29 is 9.90 Å². The molecule has 1 fully saturated rings. The second-order valence-corrected chi connectivity index (χ2v) is 4.57. The van der Waals surface area contributed by atoms with E-state index in [0.29, 0.717) is 11.8 Å². The summed E-state index contributed by atoms with van der Waals surface area (Å²) in [5.41, 5.74) is 0.178. The summed E-state index contributed by atoms with van der Waals surface area (Å²) >= 11 is 0. The van der Waals surface area contributed by atoms with Crippen LogP contribution in [0.5, 0.6) is 0 Å². The third kappa shape index (κ3) is 2.02. The molecule has 0 aliphatic heterocycles. The largest absolute Gasteiger partial charge is 0.396 e. The molecule has 3 heteroatoms. The molecule has 0 aromatic carbocycles. The molecule has 1 saturated carbocycles. The van der Waals surface area contributed by atoms with Gasteiger partial charge in [0, 0.05) is 20.1 Å². The van der Waals surface area contributed by atoms with Crippen LogP contribution in [0, 0.1) is 17.3 Å². The zero-order valence-electron chi connectivity index (χ0n) is 8.63. The van der Waals surface area contributed by atoms with Crippen LogP contribution in [0.3, 0.4) is 0 Å². The molecular formula is C10H19NO2. The van der Waals surface area contributed by atoms with Gasteiger partial charge in [0.25, 0.3) is 0 Å². The first-order chi connectivity index (χ1) is 5.98. The summed E-state index contributed by atoms with van der Waals surface area (Å²) in [5, 5.41) is 11.9.